The zero-order valence-corrected chi connectivity index (χ0v) is 10.7. The Labute approximate surface area is 111 Å². The van der Waals surface area contributed by atoms with Crippen LogP contribution in [-0.4, -0.2) is 20.0 Å². The van der Waals surface area contributed by atoms with Crippen molar-refractivity contribution in [2.75, 3.05) is 0 Å². The molecule has 96 valence electrons. The van der Waals surface area contributed by atoms with E-state index in [1.165, 1.54) is 0 Å². The second kappa shape index (κ2) is 4.78. The van der Waals surface area contributed by atoms with Crippen LogP contribution < -0.4 is 5.73 Å². The van der Waals surface area contributed by atoms with Crippen LogP contribution in [0.4, 0.5) is 0 Å². The minimum Gasteiger partial charge on any atom is -0.324 e. The summed E-state index contributed by atoms with van der Waals surface area (Å²) < 4.78 is 1.89. The molecule has 0 amide bonds. The number of benzene rings is 1. The lowest BCUT2D eigenvalue weighted by Crippen LogP contribution is -2.14. The molecule has 3 aromatic rings. The molecule has 19 heavy (non-hydrogen) atoms. The normalized spacial score (nSPS) is 12.7. The van der Waals surface area contributed by atoms with E-state index < -0.39 is 0 Å². The molecule has 5 heteroatoms. The number of aromatic nitrogens is 4. The Morgan fingerprint density at radius 2 is 2.05 bits per heavy atom. The van der Waals surface area contributed by atoms with Crippen LogP contribution in [0.25, 0.3) is 10.9 Å². The van der Waals surface area contributed by atoms with Gasteiger partial charge in [0.1, 0.15) is 0 Å². The van der Waals surface area contributed by atoms with E-state index in [0.717, 1.165) is 22.2 Å². The molecule has 0 saturated carbocycles. The molecule has 1 aromatic carbocycles. The number of nitrogens with two attached hydrogens (primary N) is 1. The molecule has 2 aromatic heterocycles. The first kappa shape index (κ1) is 11.8. The molecule has 0 aliphatic heterocycles. The van der Waals surface area contributed by atoms with Crippen molar-refractivity contribution in [1.82, 2.24) is 20.0 Å². The van der Waals surface area contributed by atoms with Crippen molar-refractivity contribution in [3.8, 4) is 0 Å². The summed E-state index contributed by atoms with van der Waals surface area (Å²) in [6, 6.07) is 9.95. The number of aryl methyl sites for hydroxylation is 1. The van der Waals surface area contributed by atoms with Crippen LogP contribution in [0.1, 0.15) is 17.3 Å². The lowest BCUT2D eigenvalue weighted by atomic mass is 10.0. The summed E-state index contributed by atoms with van der Waals surface area (Å²) in [6.45, 7) is 0. The molecule has 1 atom stereocenters. The molecule has 0 saturated heterocycles. The van der Waals surface area contributed by atoms with Gasteiger partial charge in [0, 0.05) is 31.1 Å². The minimum absolute atomic E-state index is 0.117. The van der Waals surface area contributed by atoms with Gasteiger partial charge in [-0.3, -0.25) is 4.68 Å². The molecular weight excluding hydrogens is 238 g/mol. The van der Waals surface area contributed by atoms with Gasteiger partial charge in [0.05, 0.1) is 17.4 Å². The van der Waals surface area contributed by atoms with Gasteiger partial charge in [0.25, 0.3) is 0 Å². The largest absolute Gasteiger partial charge is 0.324 e. The molecule has 0 fully saturated rings. The topological polar surface area (TPSA) is 69.6 Å². The Bertz CT molecular complexity index is 689. The maximum Gasteiger partial charge on any atom is 0.0722 e. The SMILES string of the molecule is Cn1nc(CC(N)c2ccnnc2)c2ccccc21. The summed E-state index contributed by atoms with van der Waals surface area (Å²) in [4.78, 5) is 0. The number of hydrogen-bond acceptors (Lipinski definition) is 4. The third-order valence-corrected chi connectivity index (χ3v) is 3.28. The Kier molecular flexibility index (Phi) is 2.97. The van der Waals surface area contributed by atoms with Gasteiger partial charge in [0.2, 0.25) is 0 Å². The Hall–Kier alpha value is -2.27. The summed E-state index contributed by atoms with van der Waals surface area (Å²) in [5, 5.41) is 13.3. The fourth-order valence-corrected chi connectivity index (χ4v) is 2.29. The molecule has 0 spiro atoms. The predicted molar refractivity (Wildman–Crippen MR) is 73.4 cm³/mol. The summed E-state index contributed by atoms with van der Waals surface area (Å²) in [6.07, 6.45) is 4.05. The highest BCUT2D eigenvalue weighted by Crippen LogP contribution is 2.21. The molecule has 0 aliphatic rings. The Balaban J connectivity index is 1.94. The van der Waals surface area contributed by atoms with E-state index >= 15 is 0 Å². The van der Waals surface area contributed by atoms with E-state index in [1.54, 1.807) is 12.4 Å². The fraction of sp³-hybridized carbons (Fsp3) is 0.214. The van der Waals surface area contributed by atoms with Gasteiger partial charge in [-0.05, 0) is 17.7 Å². The van der Waals surface area contributed by atoms with Crippen LogP contribution >= 0.6 is 0 Å². The molecule has 5 nitrogen and oxygen atoms in total. The van der Waals surface area contributed by atoms with Gasteiger partial charge in [-0.15, -0.1) is 0 Å². The van der Waals surface area contributed by atoms with Crippen molar-refractivity contribution < 1.29 is 0 Å². The van der Waals surface area contributed by atoms with Crippen LogP contribution in [0.2, 0.25) is 0 Å². The van der Waals surface area contributed by atoms with Crippen molar-refractivity contribution in [1.29, 1.82) is 0 Å². The number of hydrogen-bond donors (Lipinski definition) is 1. The van der Waals surface area contributed by atoms with Gasteiger partial charge in [-0.2, -0.15) is 15.3 Å². The number of fused-ring (bicyclic) bond motifs is 1. The average molecular weight is 253 g/mol. The zero-order valence-electron chi connectivity index (χ0n) is 10.7. The minimum atomic E-state index is -0.117. The predicted octanol–water partition coefficient (Wildman–Crippen LogP) is 1.61. The van der Waals surface area contributed by atoms with Crippen molar-refractivity contribution in [3.63, 3.8) is 0 Å². The number of para-hydroxylation sites is 1. The molecule has 2 heterocycles. The highest BCUT2D eigenvalue weighted by molar-refractivity contribution is 5.81. The quantitative estimate of drug-likeness (QED) is 0.769. The van der Waals surface area contributed by atoms with Gasteiger partial charge in [-0.1, -0.05) is 18.2 Å². The van der Waals surface area contributed by atoms with Crippen LogP contribution in [0.15, 0.2) is 42.7 Å². The maximum atomic E-state index is 6.21. The summed E-state index contributed by atoms with van der Waals surface area (Å²) in [5.41, 5.74) is 9.33. The van der Waals surface area contributed by atoms with E-state index in [9.17, 15) is 0 Å². The van der Waals surface area contributed by atoms with Crippen LogP contribution in [0.5, 0.6) is 0 Å². The second-order valence-corrected chi connectivity index (χ2v) is 4.57. The van der Waals surface area contributed by atoms with E-state index in [-0.39, 0.29) is 6.04 Å². The van der Waals surface area contributed by atoms with Crippen molar-refractivity contribution in [2.24, 2.45) is 12.8 Å². The third kappa shape index (κ3) is 2.20. The molecule has 2 N–H and O–H groups in total. The van der Waals surface area contributed by atoms with Crippen LogP contribution in [0, 0.1) is 0 Å². The van der Waals surface area contributed by atoms with Gasteiger partial charge in [0.15, 0.2) is 0 Å². The summed E-state index contributed by atoms with van der Waals surface area (Å²) in [7, 11) is 1.95. The molecular formula is C14H15N5. The smallest absolute Gasteiger partial charge is 0.0722 e. The monoisotopic (exact) mass is 253 g/mol. The highest BCUT2D eigenvalue weighted by Gasteiger charge is 2.13. The standard InChI is InChI=1S/C14H15N5/c1-19-14-5-3-2-4-11(14)13(18-19)8-12(15)10-6-7-16-17-9-10/h2-7,9,12H,8,15H2,1H3. The van der Waals surface area contributed by atoms with Gasteiger partial charge < -0.3 is 5.73 Å². The third-order valence-electron chi connectivity index (χ3n) is 3.28. The average Bonchev–Trinajstić information content (AvgIpc) is 2.77. The van der Waals surface area contributed by atoms with E-state index in [0.29, 0.717) is 6.42 Å². The van der Waals surface area contributed by atoms with E-state index in [1.807, 2.05) is 29.9 Å². The Morgan fingerprint density at radius 1 is 1.21 bits per heavy atom. The zero-order chi connectivity index (χ0) is 13.2. The number of nitrogens with zero attached hydrogens (tertiary/aromatic N) is 4. The Morgan fingerprint density at radius 3 is 2.84 bits per heavy atom. The number of rotatable bonds is 3. The first-order chi connectivity index (χ1) is 9.25. The summed E-state index contributed by atoms with van der Waals surface area (Å²) in [5.74, 6) is 0. The van der Waals surface area contributed by atoms with Crippen molar-refractivity contribution in [3.05, 3.63) is 54.0 Å². The van der Waals surface area contributed by atoms with Gasteiger partial charge >= 0.3 is 0 Å². The van der Waals surface area contributed by atoms with Crippen molar-refractivity contribution in [2.45, 2.75) is 12.5 Å². The highest BCUT2D eigenvalue weighted by atomic mass is 15.3. The second-order valence-electron chi connectivity index (χ2n) is 4.57. The lowest BCUT2D eigenvalue weighted by molar-refractivity contribution is 0.677. The van der Waals surface area contributed by atoms with Gasteiger partial charge in [-0.25, -0.2) is 0 Å². The maximum absolute atomic E-state index is 6.21. The summed E-state index contributed by atoms with van der Waals surface area (Å²) >= 11 is 0. The molecule has 1 unspecified atom stereocenters. The van der Waals surface area contributed by atoms with E-state index in [2.05, 4.69) is 27.4 Å². The van der Waals surface area contributed by atoms with Crippen LogP contribution in [0.3, 0.4) is 0 Å². The molecule has 0 radical (unpaired) electrons. The first-order valence-corrected chi connectivity index (χ1v) is 6.18. The lowest BCUT2D eigenvalue weighted by Gasteiger charge is -2.09. The molecule has 0 bridgehead atoms. The fourth-order valence-electron chi connectivity index (χ4n) is 2.29. The first-order valence-electron chi connectivity index (χ1n) is 6.18. The van der Waals surface area contributed by atoms with Crippen LogP contribution in [-0.2, 0) is 13.5 Å². The van der Waals surface area contributed by atoms with E-state index in [4.69, 9.17) is 5.73 Å². The van der Waals surface area contributed by atoms with Crippen molar-refractivity contribution >= 4 is 10.9 Å². The molecule has 3 rings (SSSR count). The molecule has 0 aliphatic carbocycles.